The highest BCUT2D eigenvalue weighted by Gasteiger charge is 2.22. The van der Waals surface area contributed by atoms with Gasteiger partial charge in [-0.2, -0.15) is 5.26 Å². The van der Waals surface area contributed by atoms with Crippen molar-refractivity contribution in [3.05, 3.63) is 33.8 Å². The van der Waals surface area contributed by atoms with E-state index in [9.17, 15) is 9.59 Å². The monoisotopic (exact) mass is 328 g/mol. The first-order chi connectivity index (χ1) is 9.86. The molecule has 0 aromatic heterocycles. The quantitative estimate of drug-likeness (QED) is 0.779. The summed E-state index contributed by atoms with van der Waals surface area (Å²) in [6.45, 7) is 1.75. The summed E-state index contributed by atoms with van der Waals surface area (Å²) >= 11 is 11.6. The van der Waals surface area contributed by atoms with Gasteiger partial charge in [0.2, 0.25) is 0 Å². The van der Waals surface area contributed by atoms with Crippen molar-refractivity contribution in [3.8, 4) is 6.07 Å². The molecule has 0 aliphatic carbocycles. The van der Waals surface area contributed by atoms with Gasteiger partial charge in [-0.1, -0.05) is 23.2 Å². The first-order valence-electron chi connectivity index (χ1n) is 6.14. The molecule has 1 atom stereocenters. The minimum Gasteiger partial charge on any atom is -0.449 e. The van der Waals surface area contributed by atoms with Gasteiger partial charge < -0.3 is 9.64 Å². The molecule has 0 radical (unpaired) electrons. The van der Waals surface area contributed by atoms with Crippen molar-refractivity contribution >= 4 is 35.1 Å². The Bertz CT molecular complexity index is 584. The van der Waals surface area contributed by atoms with E-state index in [1.54, 1.807) is 7.05 Å². The van der Waals surface area contributed by atoms with Crippen molar-refractivity contribution in [2.45, 2.75) is 19.4 Å². The van der Waals surface area contributed by atoms with Gasteiger partial charge in [0.1, 0.15) is 0 Å². The first-order valence-corrected chi connectivity index (χ1v) is 6.90. The number of hydrogen-bond donors (Lipinski definition) is 0. The predicted molar refractivity (Wildman–Crippen MR) is 79.2 cm³/mol. The normalized spacial score (nSPS) is 11.4. The second-order valence-corrected chi connectivity index (χ2v) is 5.16. The van der Waals surface area contributed by atoms with Crippen LogP contribution in [0.2, 0.25) is 10.0 Å². The molecule has 1 aromatic rings. The molecule has 7 heteroatoms. The lowest BCUT2D eigenvalue weighted by Crippen LogP contribution is -2.37. The Kier molecular flexibility index (Phi) is 6.47. The zero-order valence-electron chi connectivity index (χ0n) is 11.6. The number of likely N-dealkylation sites (N-methyl/N-ethyl adjacent to an activating group) is 1. The van der Waals surface area contributed by atoms with Crippen molar-refractivity contribution in [2.24, 2.45) is 0 Å². The summed E-state index contributed by atoms with van der Waals surface area (Å²) in [5.41, 5.74) is 0.212. The fourth-order valence-corrected chi connectivity index (χ4v) is 1.84. The molecular weight excluding hydrogens is 315 g/mol. The van der Waals surface area contributed by atoms with Gasteiger partial charge in [0.25, 0.3) is 5.91 Å². The lowest BCUT2D eigenvalue weighted by molar-refractivity contribution is -0.138. The number of ether oxygens (including phenoxy) is 1. The van der Waals surface area contributed by atoms with E-state index in [2.05, 4.69) is 0 Å². The van der Waals surface area contributed by atoms with E-state index in [0.29, 0.717) is 5.02 Å². The van der Waals surface area contributed by atoms with Gasteiger partial charge in [0, 0.05) is 13.6 Å². The zero-order valence-corrected chi connectivity index (χ0v) is 13.1. The smallest absolute Gasteiger partial charge is 0.338 e. The van der Waals surface area contributed by atoms with Gasteiger partial charge >= 0.3 is 5.97 Å². The summed E-state index contributed by atoms with van der Waals surface area (Å²) < 4.78 is 5.08. The third-order valence-corrected chi connectivity index (χ3v) is 3.46. The molecule has 0 bridgehead atoms. The van der Waals surface area contributed by atoms with Gasteiger partial charge in [-0.3, -0.25) is 4.79 Å². The molecule has 112 valence electrons. The highest BCUT2D eigenvalue weighted by Crippen LogP contribution is 2.23. The Labute approximate surface area is 133 Å². The molecule has 1 aromatic carbocycles. The molecule has 0 heterocycles. The Morgan fingerprint density at radius 3 is 2.62 bits per heavy atom. The summed E-state index contributed by atoms with van der Waals surface area (Å²) in [5.74, 6) is -1.04. The van der Waals surface area contributed by atoms with E-state index in [4.69, 9.17) is 33.2 Å². The van der Waals surface area contributed by atoms with Crippen molar-refractivity contribution in [2.75, 3.05) is 13.6 Å². The maximum atomic E-state index is 11.9. The van der Waals surface area contributed by atoms with Crippen LogP contribution in [0.3, 0.4) is 0 Å². The van der Waals surface area contributed by atoms with E-state index in [1.807, 2.05) is 6.07 Å². The van der Waals surface area contributed by atoms with E-state index in [1.165, 1.54) is 30.0 Å². The molecule has 0 saturated carbocycles. The second-order valence-electron chi connectivity index (χ2n) is 4.34. The van der Waals surface area contributed by atoms with Gasteiger partial charge in [-0.15, -0.1) is 0 Å². The van der Waals surface area contributed by atoms with Gasteiger partial charge in [0.15, 0.2) is 6.10 Å². The number of esters is 1. The standard InChI is InChI=1S/C14H14Cl2N2O3/c1-9(13(19)18(2)7-3-6-17)21-14(20)10-4-5-11(15)12(16)8-10/h4-5,8-9H,3,7H2,1-2H3/t9-/m0/s1. The highest BCUT2D eigenvalue weighted by molar-refractivity contribution is 6.42. The van der Waals surface area contributed by atoms with Crippen LogP contribution in [0.5, 0.6) is 0 Å². The number of amides is 1. The number of hydrogen-bond acceptors (Lipinski definition) is 4. The molecular formula is C14H14Cl2N2O3. The fourth-order valence-electron chi connectivity index (χ4n) is 1.54. The third kappa shape index (κ3) is 4.92. The molecule has 0 aliphatic rings. The first kappa shape index (κ1) is 17.3. The molecule has 0 spiro atoms. The topological polar surface area (TPSA) is 70.4 Å². The largest absolute Gasteiger partial charge is 0.449 e. The summed E-state index contributed by atoms with van der Waals surface area (Å²) in [6.07, 6.45) is -0.731. The summed E-state index contributed by atoms with van der Waals surface area (Å²) in [5, 5.41) is 9.04. The Balaban J connectivity index is 2.67. The number of halogens is 2. The Morgan fingerprint density at radius 2 is 2.05 bits per heavy atom. The maximum absolute atomic E-state index is 11.9. The van der Waals surface area contributed by atoms with Gasteiger partial charge in [-0.25, -0.2) is 4.79 Å². The Hall–Kier alpha value is -1.77. The molecule has 1 rings (SSSR count). The SMILES string of the molecule is C[C@H](OC(=O)c1ccc(Cl)c(Cl)c1)C(=O)N(C)CCC#N. The molecule has 1 amide bonds. The van der Waals surface area contributed by atoms with Crippen LogP contribution in [0.15, 0.2) is 18.2 Å². The minimum absolute atomic E-state index is 0.212. The summed E-state index contributed by atoms with van der Waals surface area (Å²) in [6, 6.07) is 6.26. The van der Waals surface area contributed by atoms with Gasteiger partial charge in [0.05, 0.1) is 28.1 Å². The van der Waals surface area contributed by atoms with Crippen LogP contribution in [0.1, 0.15) is 23.7 Å². The average Bonchev–Trinajstić information content (AvgIpc) is 2.46. The van der Waals surface area contributed by atoms with Crippen LogP contribution in [0, 0.1) is 11.3 Å². The van der Waals surface area contributed by atoms with Crippen molar-refractivity contribution in [1.82, 2.24) is 4.90 Å². The van der Waals surface area contributed by atoms with E-state index in [0.717, 1.165) is 0 Å². The van der Waals surface area contributed by atoms with E-state index < -0.39 is 12.1 Å². The van der Waals surface area contributed by atoms with E-state index >= 15 is 0 Å². The lowest BCUT2D eigenvalue weighted by Gasteiger charge is -2.20. The fraction of sp³-hybridized carbons (Fsp3) is 0.357. The molecule has 5 nitrogen and oxygen atoms in total. The van der Waals surface area contributed by atoms with E-state index in [-0.39, 0.29) is 29.5 Å². The number of nitrogens with zero attached hydrogens (tertiary/aromatic N) is 2. The molecule has 0 N–H and O–H groups in total. The molecule has 0 fully saturated rings. The molecule has 0 aliphatic heterocycles. The van der Waals surface area contributed by atoms with Crippen LogP contribution in [0.4, 0.5) is 0 Å². The number of carbonyl (C=O) groups is 2. The van der Waals surface area contributed by atoms with Crippen molar-refractivity contribution in [1.29, 1.82) is 5.26 Å². The lowest BCUT2D eigenvalue weighted by atomic mass is 10.2. The molecule has 0 unspecified atom stereocenters. The number of carbonyl (C=O) groups excluding carboxylic acids is 2. The molecule has 21 heavy (non-hydrogen) atoms. The van der Waals surface area contributed by atoms with Gasteiger partial charge in [-0.05, 0) is 25.1 Å². The number of benzene rings is 1. The summed E-state index contributed by atoms with van der Waals surface area (Å²) in [4.78, 5) is 25.2. The average molecular weight is 329 g/mol. The third-order valence-electron chi connectivity index (χ3n) is 2.72. The van der Waals surface area contributed by atoms with Crippen molar-refractivity contribution < 1.29 is 14.3 Å². The van der Waals surface area contributed by atoms with Crippen molar-refractivity contribution in [3.63, 3.8) is 0 Å². The van der Waals surface area contributed by atoms with Crippen LogP contribution in [0.25, 0.3) is 0 Å². The van der Waals surface area contributed by atoms with Crippen LogP contribution in [-0.4, -0.2) is 36.5 Å². The zero-order chi connectivity index (χ0) is 16.0. The summed E-state index contributed by atoms with van der Waals surface area (Å²) in [7, 11) is 1.54. The van der Waals surface area contributed by atoms with Crippen LogP contribution < -0.4 is 0 Å². The maximum Gasteiger partial charge on any atom is 0.338 e. The predicted octanol–water partition coefficient (Wildman–Crippen LogP) is 2.91. The number of nitriles is 1. The van der Waals surface area contributed by atoms with Crippen LogP contribution in [-0.2, 0) is 9.53 Å². The minimum atomic E-state index is -0.948. The second kappa shape index (κ2) is 7.87. The highest BCUT2D eigenvalue weighted by atomic mass is 35.5. The number of rotatable bonds is 5. The van der Waals surface area contributed by atoms with Crippen LogP contribution >= 0.6 is 23.2 Å². The Morgan fingerprint density at radius 1 is 1.38 bits per heavy atom. The molecule has 0 saturated heterocycles.